The van der Waals surface area contributed by atoms with Crippen LogP contribution in [-0.2, 0) is 6.54 Å². The number of benzene rings is 1. The number of aromatic nitrogens is 1. The zero-order chi connectivity index (χ0) is 12.3. The zero-order valence-electron chi connectivity index (χ0n) is 10.5. The first-order valence-corrected chi connectivity index (χ1v) is 5.72. The summed E-state index contributed by atoms with van der Waals surface area (Å²) in [6.07, 6.45) is 0. The lowest BCUT2D eigenvalue weighted by Crippen LogP contribution is -2.16. The third-order valence-electron chi connectivity index (χ3n) is 2.87. The van der Waals surface area contributed by atoms with Crippen molar-refractivity contribution in [3.05, 3.63) is 53.3 Å². The van der Waals surface area contributed by atoms with Crippen molar-refractivity contribution in [3.63, 3.8) is 0 Å². The van der Waals surface area contributed by atoms with Gasteiger partial charge in [0.05, 0.1) is 13.7 Å². The van der Waals surface area contributed by atoms with Gasteiger partial charge in [-0.15, -0.1) is 0 Å². The highest BCUT2D eigenvalue weighted by Gasteiger charge is 2.00. The van der Waals surface area contributed by atoms with E-state index in [1.807, 2.05) is 12.1 Å². The lowest BCUT2D eigenvalue weighted by Gasteiger charge is -2.12. The second-order valence-electron chi connectivity index (χ2n) is 4.13. The summed E-state index contributed by atoms with van der Waals surface area (Å²) < 4.78 is 7.23. The van der Waals surface area contributed by atoms with Gasteiger partial charge < -0.3 is 10.2 Å². The molecule has 0 aliphatic heterocycles. The second-order valence-corrected chi connectivity index (χ2v) is 4.13. The van der Waals surface area contributed by atoms with Gasteiger partial charge in [0, 0.05) is 11.4 Å². The Morgan fingerprint density at radius 2 is 1.59 bits per heavy atom. The second kappa shape index (κ2) is 4.95. The topological polar surface area (TPSA) is 26.2 Å². The van der Waals surface area contributed by atoms with Crippen LogP contribution in [0.15, 0.2) is 36.4 Å². The van der Waals surface area contributed by atoms with Gasteiger partial charge in [0.2, 0.25) is 0 Å². The quantitative estimate of drug-likeness (QED) is 0.874. The number of nitrogens with one attached hydrogen (secondary N) is 1. The molecule has 0 saturated carbocycles. The van der Waals surface area contributed by atoms with E-state index in [4.69, 9.17) is 4.74 Å². The lowest BCUT2D eigenvalue weighted by molar-refractivity contribution is 0.414. The number of hydrogen-bond donors (Lipinski definition) is 1. The zero-order valence-corrected chi connectivity index (χ0v) is 10.5. The molecule has 0 aliphatic rings. The summed E-state index contributed by atoms with van der Waals surface area (Å²) in [5.74, 6) is 0.891. The molecular weight excluding hydrogens is 212 g/mol. The number of nitrogens with zero attached hydrogens (tertiary/aromatic N) is 1. The van der Waals surface area contributed by atoms with Gasteiger partial charge in [-0.2, -0.15) is 0 Å². The van der Waals surface area contributed by atoms with Crippen molar-refractivity contribution >= 4 is 0 Å². The van der Waals surface area contributed by atoms with E-state index in [0.29, 0.717) is 0 Å². The molecule has 0 fully saturated rings. The molecule has 1 heterocycles. The molecular formula is C14H18N2O. The molecule has 1 aromatic heterocycles. The van der Waals surface area contributed by atoms with Gasteiger partial charge >= 0.3 is 0 Å². The third-order valence-corrected chi connectivity index (χ3v) is 2.87. The fraction of sp³-hybridized carbons (Fsp3) is 0.286. The Kier molecular flexibility index (Phi) is 3.38. The molecule has 1 aromatic carbocycles. The predicted molar refractivity (Wildman–Crippen MR) is 70.0 cm³/mol. The molecule has 0 atom stereocenters. The van der Waals surface area contributed by atoms with Crippen molar-refractivity contribution in [1.82, 2.24) is 4.68 Å². The van der Waals surface area contributed by atoms with Gasteiger partial charge in [-0.1, -0.05) is 12.1 Å². The first kappa shape index (κ1) is 11.6. The van der Waals surface area contributed by atoms with Crippen LogP contribution < -0.4 is 10.2 Å². The molecule has 90 valence electrons. The summed E-state index contributed by atoms with van der Waals surface area (Å²) in [6.45, 7) is 4.99. The van der Waals surface area contributed by atoms with E-state index >= 15 is 0 Å². The fourth-order valence-corrected chi connectivity index (χ4v) is 1.83. The van der Waals surface area contributed by atoms with E-state index < -0.39 is 0 Å². The van der Waals surface area contributed by atoms with E-state index in [-0.39, 0.29) is 0 Å². The van der Waals surface area contributed by atoms with Crippen LogP contribution in [0.3, 0.4) is 0 Å². The number of ether oxygens (including phenoxy) is 1. The molecule has 17 heavy (non-hydrogen) atoms. The first-order valence-electron chi connectivity index (χ1n) is 5.72. The number of rotatable bonds is 4. The Labute approximate surface area is 102 Å². The molecule has 1 N–H and O–H groups in total. The minimum Gasteiger partial charge on any atom is -0.497 e. The fourth-order valence-electron chi connectivity index (χ4n) is 1.83. The number of methoxy groups -OCH3 is 1. The van der Waals surface area contributed by atoms with Gasteiger partial charge in [-0.3, -0.25) is 4.68 Å². The summed E-state index contributed by atoms with van der Waals surface area (Å²) in [6, 6.07) is 12.3. The SMILES string of the molecule is COc1ccc(CNn2c(C)ccc2C)cc1. The van der Waals surface area contributed by atoms with Gasteiger partial charge in [0.1, 0.15) is 5.75 Å². The molecule has 2 aromatic rings. The molecule has 3 nitrogen and oxygen atoms in total. The van der Waals surface area contributed by atoms with Crippen molar-refractivity contribution in [1.29, 1.82) is 0 Å². The third kappa shape index (κ3) is 2.61. The molecule has 0 spiro atoms. The van der Waals surface area contributed by atoms with Crippen LogP contribution in [0.4, 0.5) is 0 Å². The standard InChI is InChI=1S/C14H18N2O/c1-11-4-5-12(2)16(11)15-10-13-6-8-14(17-3)9-7-13/h4-9,15H,10H2,1-3H3. The molecule has 3 heteroatoms. The average molecular weight is 230 g/mol. The van der Waals surface area contributed by atoms with E-state index in [0.717, 1.165) is 12.3 Å². The van der Waals surface area contributed by atoms with E-state index in [9.17, 15) is 0 Å². The molecule has 0 saturated heterocycles. The van der Waals surface area contributed by atoms with Gasteiger partial charge in [0.25, 0.3) is 0 Å². The average Bonchev–Trinajstić information content (AvgIpc) is 2.67. The number of aryl methyl sites for hydroxylation is 2. The minimum atomic E-state index is 0.806. The van der Waals surface area contributed by atoms with Crippen LogP contribution in [-0.4, -0.2) is 11.8 Å². The maximum absolute atomic E-state index is 5.13. The Morgan fingerprint density at radius 3 is 2.12 bits per heavy atom. The maximum atomic E-state index is 5.13. The van der Waals surface area contributed by atoms with Gasteiger partial charge in [-0.05, 0) is 43.7 Å². The van der Waals surface area contributed by atoms with E-state index in [1.165, 1.54) is 17.0 Å². The van der Waals surface area contributed by atoms with Gasteiger partial charge in [0.15, 0.2) is 0 Å². The summed E-state index contributed by atoms with van der Waals surface area (Å²) in [5.41, 5.74) is 7.06. The predicted octanol–water partition coefficient (Wildman–Crippen LogP) is 2.86. The Balaban J connectivity index is 2.02. The Morgan fingerprint density at radius 1 is 1.00 bits per heavy atom. The maximum Gasteiger partial charge on any atom is 0.118 e. The molecule has 0 bridgehead atoms. The van der Waals surface area contributed by atoms with E-state index in [2.05, 4.69) is 48.2 Å². The van der Waals surface area contributed by atoms with Crippen molar-refractivity contribution in [2.75, 3.05) is 12.5 Å². The Hall–Kier alpha value is -1.90. The molecule has 2 rings (SSSR count). The van der Waals surface area contributed by atoms with Gasteiger partial charge in [-0.25, -0.2) is 0 Å². The molecule has 0 aliphatic carbocycles. The van der Waals surface area contributed by atoms with Crippen LogP contribution in [0.5, 0.6) is 5.75 Å². The highest BCUT2D eigenvalue weighted by Crippen LogP contribution is 2.12. The number of hydrogen-bond acceptors (Lipinski definition) is 2. The van der Waals surface area contributed by atoms with Crippen molar-refractivity contribution in [2.24, 2.45) is 0 Å². The smallest absolute Gasteiger partial charge is 0.118 e. The normalized spacial score (nSPS) is 10.3. The van der Waals surface area contributed by atoms with Crippen LogP contribution in [0.1, 0.15) is 17.0 Å². The molecule has 0 unspecified atom stereocenters. The highest BCUT2D eigenvalue weighted by atomic mass is 16.5. The largest absolute Gasteiger partial charge is 0.497 e. The Bertz CT molecular complexity index is 466. The van der Waals surface area contributed by atoms with Crippen LogP contribution in [0, 0.1) is 13.8 Å². The summed E-state index contributed by atoms with van der Waals surface area (Å²) >= 11 is 0. The molecule has 0 radical (unpaired) electrons. The minimum absolute atomic E-state index is 0.806. The van der Waals surface area contributed by atoms with Crippen LogP contribution >= 0.6 is 0 Å². The molecule has 0 amide bonds. The van der Waals surface area contributed by atoms with Crippen molar-refractivity contribution in [3.8, 4) is 5.75 Å². The summed E-state index contributed by atoms with van der Waals surface area (Å²) in [7, 11) is 1.68. The lowest BCUT2D eigenvalue weighted by atomic mass is 10.2. The van der Waals surface area contributed by atoms with Crippen molar-refractivity contribution < 1.29 is 4.74 Å². The highest BCUT2D eigenvalue weighted by molar-refractivity contribution is 5.28. The first-order chi connectivity index (χ1) is 8.20. The van der Waals surface area contributed by atoms with E-state index in [1.54, 1.807) is 7.11 Å². The van der Waals surface area contributed by atoms with Crippen LogP contribution in [0.25, 0.3) is 0 Å². The summed E-state index contributed by atoms with van der Waals surface area (Å²) in [4.78, 5) is 0. The van der Waals surface area contributed by atoms with Crippen molar-refractivity contribution in [2.45, 2.75) is 20.4 Å². The summed E-state index contributed by atoms with van der Waals surface area (Å²) in [5, 5.41) is 0. The monoisotopic (exact) mass is 230 g/mol. The van der Waals surface area contributed by atoms with Crippen LogP contribution in [0.2, 0.25) is 0 Å².